The molecule has 1 aliphatic heterocycles. The number of halogens is 1. The van der Waals surface area contributed by atoms with Crippen molar-refractivity contribution in [2.24, 2.45) is 0 Å². The van der Waals surface area contributed by atoms with E-state index in [-0.39, 0.29) is 5.82 Å². The minimum absolute atomic E-state index is 0.212. The molecule has 2 rings (SSSR count). The first-order valence-electron chi connectivity index (χ1n) is 9.63. The van der Waals surface area contributed by atoms with Gasteiger partial charge in [0, 0.05) is 25.8 Å². The van der Waals surface area contributed by atoms with Gasteiger partial charge in [-0.05, 0) is 39.3 Å². The third-order valence-electron chi connectivity index (χ3n) is 4.28. The number of carbonyl (C=O) groups excluding carboxylic acids is 3. The fourth-order valence-corrected chi connectivity index (χ4v) is 3.11. The molecule has 1 aromatic heterocycles. The number of amides is 3. The highest BCUT2D eigenvalue weighted by Gasteiger charge is 2.33. The fraction of sp³-hybridized carbons (Fsp3) is 0.500. The Kier molecular flexibility index (Phi) is 8.19. The van der Waals surface area contributed by atoms with Crippen LogP contribution in [0.3, 0.4) is 0 Å². The highest BCUT2D eigenvalue weighted by atomic mass is 35.5. The van der Waals surface area contributed by atoms with Crippen LogP contribution in [-0.4, -0.2) is 65.1 Å². The quantitative estimate of drug-likeness (QED) is 0.479. The molecule has 2 atom stereocenters. The van der Waals surface area contributed by atoms with Crippen molar-refractivity contribution in [2.45, 2.75) is 44.9 Å². The van der Waals surface area contributed by atoms with Crippen molar-refractivity contribution in [3.63, 3.8) is 0 Å². The number of hydrogen-bond acceptors (Lipinski definition) is 6. The summed E-state index contributed by atoms with van der Waals surface area (Å²) in [6.45, 7) is 10.9. The molecule has 2 heterocycles. The van der Waals surface area contributed by atoms with E-state index in [0.29, 0.717) is 31.1 Å². The van der Waals surface area contributed by atoms with Crippen molar-refractivity contribution in [1.29, 1.82) is 0 Å². The number of nitrogens with one attached hydrogen (secondary N) is 3. The average molecular weight is 438 g/mol. The Balaban J connectivity index is 2.01. The monoisotopic (exact) mass is 437 g/mol. The second kappa shape index (κ2) is 10.4. The van der Waals surface area contributed by atoms with Crippen LogP contribution in [-0.2, 0) is 14.3 Å². The van der Waals surface area contributed by atoms with Gasteiger partial charge in [-0.2, -0.15) is 0 Å². The molecule has 0 spiro atoms. The second-order valence-electron chi connectivity index (χ2n) is 7.99. The Labute approximate surface area is 181 Å². The Morgan fingerprint density at radius 3 is 2.60 bits per heavy atom. The van der Waals surface area contributed by atoms with Crippen LogP contribution in [0.1, 0.15) is 27.2 Å². The number of likely N-dealkylation sites (tertiary alicyclic amines) is 1. The van der Waals surface area contributed by atoms with Crippen LogP contribution in [0.15, 0.2) is 31.0 Å². The van der Waals surface area contributed by atoms with Gasteiger partial charge in [-0.25, -0.2) is 9.78 Å². The van der Waals surface area contributed by atoms with Crippen LogP contribution < -0.4 is 16.0 Å². The molecule has 3 N–H and O–H groups in total. The molecule has 0 bridgehead atoms. The minimum atomic E-state index is -0.852. The Morgan fingerprint density at radius 1 is 1.27 bits per heavy atom. The van der Waals surface area contributed by atoms with E-state index < -0.39 is 35.6 Å². The number of piperidine rings is 1. The molecule has 0 aliphatic carbocycles. The van der Waals surface area contributed by atoms with E-state index in [1.807, 2.05) is 0 Å². The van der Waals surface area contributed by atoms with Gasteiger partial charge in [-0.1, -0.05) is 17.7 Å². The Hall–Kier alpha value is -2.65. The molecule has 1 unspecified atom stereocenters. The van der Waals surface area contributed by atoms with Gasteiger partial charge in [0.2, 0.25) is 0 Å². The minimum Gasteiger partial charge on any atom is -0.444 e. The average Bonchev–Trinajstić information content (AvgIpc) is 2.64. The number of aromatic nitrogens is 1. The highest BCUT2D eigenvalue weighted by molar-refractivity contribution is 6.39. The fourth-order valence-electron chi connectivity index (χ4n) is 3.00. The largest absolute Gasteiger partial charge is 0.444 e. The summed E-state index contributed by atoms with van der Waals surface area (Å²) >= 11 is 5.76. The van der Waals surface area contributed by atoms with E-state index in [2.05, 4.69) is 32.4 Å². The number of ether oxygens (including phenoxy) is 1. The van der Waals surface area contributed by atoms with E-state index in [4.69, 9.17) is 16.3 Å². The van der Waals surface area contributed by atoms with Crippen LogP contribution in [0.4, 0.5) is 10.6 Å². The summed E-state index contributed by atoms with van der Waals surface area (Å²) < 4.78 is 5.33. The summed E-state index contributed by atoms with van der Waals surface area (Å²) in [6.07, 6.45) is 3.11. The molecule has 1 saturated heterocycles. The van der Waals surface area contributed by atoms with E-state index in [9.17, 15) is 14.4 Å². The van der Waals surface area contributed by atoms with Crippen molar-refractivity contribution < 1.29 is 19.1 Å². The summed E-state index contributed by atoms with van der Waals surface area (Å²) in [6, 6.07) is 2.18. The molecule has 1 fully saturated rings. The Bertz CT molecular complexity index is 778. The van der Waals surface area contributed by atoms with E-state index >= 15 is 0 Å². The lowest BCUT2D eigenvalue weighted by Crippen LogP contribution is -2.61. The zero-order valence-corrected chi connectivity index (χ0v) is 18.2. The number of pyridine rings is 1. The van der Waals surface area contributed by atoms with Crippen LogP contribution in [0.5, 0.6) is 0 Å². The third-order valence-corrected chi connectivity index (χ3v) is 4.50. The highest BCUT2D eigenvalue weighted by Crippen LogP contribution is 2.14. The summed E-state index contributed by atoms with van der Waals surface area (Å²) in [7, 11) is 0. The molecule has 0 aromatic carbocycles. The van der Waals surface area contributed by atoms with Gasteiger partial charge < -0.3 is 20.7 Å². The number of hydrogen-bond donors (Lipinski definition) is 3. The topological polar surface area (TPSA) is 113 Å². The van der Waals surface area contributed by atoms with Gasteiger partial charge in [-0.3, -0.25) is 14.5 Å². The summed E-state index contributed by atoms with van der Waals surface area (Å²) in [5.74, 6) is -1.46. The smallest absolute Gasteiger partial charge is 0.407 e. The molecule has 30 heavy (non-hydrogen) atoms. The molecule has 9 nitrogen and oxygen atoms in total. The van der Waals surface area contributed by atoms with Gasteiger partial charge in [-0.15, -0.1) is 6.58 Å². The lowest BCUT2D eigenvalue weighted by Gasteiger charge is -2.38. The Morgan fingerprint density at radius 2 is 2.00 bits per heavy atom. The van der Waals surface area contributed by atoms with Gasteiger partial charge >= 0.3 is 17.9 Å². The molecule has 0 saturated carbocycles. The predicted octanol–water partition coefficient (Wildman–Crippen LogP) is 1.94. The molecule has 10 heteroatoms. The number of anilines is 1. The molecular weight excluding hydrogens is 410 g/mol. The SMILES string of the molecule is C=CCN1CCC(NC(=O)C(=O)Nc2ccc(Cl)cn2)[C@H](NC(=O)OC(C)(C)C)C1. The number of carbonyl (C=O) groups is 3. The van der Waals surface area contributed by atoms with Crippen molar-refractivity contribution in [2.75, 3.05) is 25.0 Å². The maximum absolute atomic E-state index is 12.4. The normalized spacial score (nSPS) is 19.5. The molecule has 1 aromatic rings. The number of alkyl carbamates (subject to hydrolysis) is 1. The van der Waals surface area contributed by atoms with Crippen molar-refractivity contribution >= 4 is 35.3 Å². The second-order valence-corrected chi connectivity index (χ2v) is 8.42. The van der Waals surface area contributed by atoms with Crippen LogP contribution in [0.2, 0.25) is 5.02 Å². The third kappa shape index (κ3) is 7.64. The van der Waals surface area contributed by atoms with E-state index in [1.54, 1.807) is 32.9 Å². The van der Waals surface area contributed by atoms with Gasteiger partial charge in [0.15, 0.2) is 0 Å². The zero-order chi connectivity index (χ0) is 22.3. The summed E-state index contributed by atoms with van der Waals surface area (Å²) in [5.41, 5.74) is -0.649. The first-order valence-corrected chi connectivity index (χ1v) is 10.0. The van der Waals surface area contributed by atoms with Crippen LogP contribution in [0.25, 0.3) is 0 Å². The maximum Gasteiger partial charge on any atom is 0.407 e. The number of rotatable bonds is 5. The van der Waals surface area contributed by atoms with Crippen molar-refractivity contribution in [1.82, 2.24) is 20.5 Å². The molecule has 164 valence electrons. The van der Waals surface area contributed by atoms with Gasteiger partial charge in [0.25, 0.3) is 0 Å². The maximum atomic E-state index is 12.4. The molecule has 0 radical (unpaired) electrons. The summed E-state index contributed by atoms with van der Waals surface area (Å²) in [5, 5.41) is 8.34. The molecule has 3 amide bonds. The van der Waals surface area contributed by atoms with Crippen LogP contribution >= 0.6 is 11.6 Å². The van der Waals surface area contributed by atoms with Crippen molar-refractivity contribution in [3.05, 3.63) is 36.0 Å². The van der Waals surface area contributed by atoms with Crippen molar-refractivity contribution in [3.8, 4) is 0 Å². The molecule has 1 aliphatic rings. The predicted molar refractivity (Wildman–Crippen MR) is 114 cm³/mol. The summed E-state index contributed by atoms with van der Waals surface area (Å²) in [4.78, 5) is 42.9. The lowest BCUT2D eigenvalue weighted by atomic mass is 9.99. The standard InChI is InChI=1S/C20H28ClN5O4/c1-5-9-26-10-8-14(15(12-26)24-19(29)30-20(2,3)4)23-17(27)18(28)25-16-7-6-13(21)11-22-16/h5-7,11,14-15H,1,8-10,12H2,2-4H3,(H,23,27)(H,24,29)(H,22,25,28)/t14?,15-/m1/s1. The molecular formula is C20H28ClN5O4. The zero-order valence-electron chi connectivity index (χ0n) is 17.4. The first-order chi connectivity index (χ1) is 14.1. The van der Waals surface area contributed by atoms with Crippen LogP contribution in [0, 0.1) is 0 Å². The van der Waals surface area contributed by atoms with E-state index in [0.717, 1.165) is 0 Å². The van der Waals surface area contributed by atoms with Gasteiger partial charge in [0.1, 0.15) is 11.4 Å². The first kappa shape index (κ1) is 23.6. The number of nitrogens with zero attached hydrogens (tertiary/aromatic N) is 2. The lowest BCUT2D eigenvalue weighted by molar-refractivity contribution is -0.137. The van der Waals surface area contributed by atoms with E-state index in [1.165, 1.54) is 12.3 Å². The van der Waals surface area contributed by atoms with Gasteiger partial charge in [0.05, 0.1) is 17.1 Å².